The van der Waals surface area contributed by atoms with Gasteiger partial charge in [-0.05, 0) is 48.4 Å². The van der Waals surface area contributed by atoms with E-state index in [1.807, 2.05) is 13.8 Å². The molecule has 0 saturated carbocycles. The van der Waals surface area contributed by atoms with Crippen molar-refractivity contribution in [3.05, 3.63) is 57.8 Å². The van der Waals surface area contributed by atoms with E-state index in [2.05, 4.69) is 10.3 Å². The van der Waals surface area contributed by atoms with E-state index < -0.39 is 10.0 Å². The third-order valence-electron chi connectivity index (χ3n) is 4.23. The third-order valence-corrected chi connectivity index (χ3v) is 6.37. The molecule has 8 nitrogen and oxygen atoms in total. The SMILES string of the molecule is CC(C)Cn1c(SCC(=O)Nc2ccc(S(N)(=O)=O)cc2)nc2ccc(Cl)cc2c1=O. The fourth-order valence-electron chi connectivity index (χ4n) is 2.86. The lowest BCUT2D eigenvalue weighted by atomic mass is 10.2. The number of nitrogens with one attached hydrogen (secondary N) is 1. The number of nitrogens with zero attached hydrogens (tertiary/aromatic N) is 2. The van der Waals surface area contributed by atoms with Gasteiger partial charge in [0.2, 0.25) is 15.9 Å². The molecule has 1 aromatic heterocycles. The molecule has 0 saturated heterocycles. The summed E-state index contributed by atoms with van der Waals surface area (Å²) in [7, 11) is -3.80. The smallest absolute Gasteiger partial charge is 0.262 e. The van der Waals surface area contributed by atoms with Gasteiger partial charge in [-0.1, -0.05) is 37.2 Å². The van der Waals surface area contributed by atoms with Crippen molar-refractivity contribution in [2.75, 3.05) is 11.1 Å². The van der Waals surface area contributed by atoms with Gasteiger partial charge in [0.05, 0.1) is 21.6 Å². The van der Waals surface area contributed by atoms with E-state index in [0.717, 1.165) is 11.8 Å². The third kappa shape index (κ3) is 5.85. The molecule has 3 N–H and O–H groups in total. The van der Waals surface area contributed by atoms with Gasteiger partial charge in [-0.15, -0.1) is 0 Å². The fraction of sp³-hybridized carbons (Fsp3) is 0.250. The molecule has 0 unspecified atom stereocenters. The summed E-state index contributed by atoms with van der Waals surface area (Å²) in [5.74, 6) is -0.114. The Bertz CT molecular complexity index is 1290. The van der Waals surface area contributed by atoms with Crippen LogP contribution in [0.3, 0.4) is 0 Å². The van der Waals surface area contributed by atoms with Crippen LogP contribution in [0.25, 0.3) is 10.9 Å². The number of anilines is 1. The Morgan fingerprint density at radius 1 is 1.23 bits per heavy atom. The average molecular weight is 481 g/mol. The molecular formula is C20H21ClN4O4S2. The van der Waals surface area contributed by atoms with Crippen molar-refractivity contribution >= 4 is 55.9 Å². The first-order chi connectivity index (χ1) is 14.5. The molecule has 0 bridgehead atoms. The zero-order valence-corrected chi connectivity index (χ0v) is 19.2. The summed E-state index contributed by atoms with van der Waals surface area (Å²) in [5, 5.41) is 9.07. The number of amides is 1. The predicted molar refractivity (Wildman–Crippen MR) is 123 cm³/mol. The molecule has 1 heterocycles. The van der Waals surface area contributed by atoms with Crippen LogP contribution in [-0.4, -0.2) is 29.6 Å². The Balaban J connectivity index is 1.80. The summed E-state index contributed by atoms with van der Waals surface area (Å²) in [6.45, 7) is 4.43. The average Bonchev–Trinajstić information content (AvgIpc) is 2.69. The molecule has 164 valence electrons. The van der Waals surface area contributed by atoms with E-state index in [9.17, 15) is 18.0 Å². The van der Waals surface area contributed by atoms with Gasteiger partial charge >= 0.3 is 0 Å². The van der Waals surface area contributed by atoms with E-state index in [1.54, 1.807) is 22.8 Å². The molecule has 0 radical (unpaired) electrons. The molecule has 0 spiro atoms. The molecule has 1 amide bonds. The van der Waals surface area contributed by atoms with Gasteiger partial charge in [0.1, 0.15) is 0 Å². The minimum absolute atomic E-state index is 0.0145. The standard InChI is InChI=1S/C20H21ClN4O4S2/c1-12(2)10-25-19(27)16-9-13(21)3-8-17(16)24-20(25)30-11-18(26)23-14-4-6-15(7-5-14)31(22,28)29/h3-9,12H,10-11H2,1-2H3,(H,23,26)(H2,22,28,29). The molecule has 11 heteroatoms. The van der Waals surface area contributed by atoms with Crippen molar-refractivity contribution in [3.63, 3.8) is 0 Å². The van der Waals surface area contributed by atoms with Crippen LogP contribution in [0.2, 0.25) is 5.02 Å². The maximum Gasteiger partial charge on any atom is 0.262 e. The van der Waals surface area contributed by atoms with Crippen molar-refractivity contribution < 1.29 is 13.2 Å². The lowest BCUT2D eigenvalue weighted by Gasteiger charge is -2.15. The summed E-state index contributed by atoms with van der Waals surface area (Å²) in [6, 6.07) is 10.5. The number of nitrogens with two attached hydrogens (primary N) is 1. The van der Waals surface area contributed by atoms with Gasteiger partial charge in [0.15, 0.2) is 5.16 Å². The van der Waals surface area contributed by atoms with Crippen molar-refractivity contribution in [2.45, 2.75) is 30.4 Å². The predicted octanol–water partition coefficient (Wildman–Crippen LogP) is 3.08. The summed E-state index contributed by atoms with van der Waals surface area (Å²) in [5.41, 5.74) is 0.734. The molecule has 0 fully saturated rings. The molecule has 31 heavy (non-hydrogen) atoms. The summed E-state index contributed by atoms with van der Waals surface area (Å²) < 4.78 is 24.2. The molecule has 2 aromatic carbocycles. The largest absolute Gasteiger partial charge is 0.325 e. The molecule has 3 aromatic rings. The second-order valence-electron chi connectivity index (χ2n) is 7.27. The lowest BCUT2D eigenvalue weighted by Crippen LogP contribution is -2.26. The zero-order valence-electron chi connectivity index (χ0n) is 16.8. The van der Waals surface area contributed by atoms with Gasteiger partial charge in [0.25, 0.3) is 5.56 Å². The first-order valence-electron chi connectivity index (χ1n) is 9.30. The highest BCUT2D eigenvalue weighted by Crippen LogP contribution is 2.22. The molecule has 0 aliphatic carbocycles. The van der Waals surface area contributed by atoms with Crippen molar-refractivity contribution in [1.29, 1.82) is 0 Å². The van der Waals surface area contributed by atoms with Crippen LogP contribution in [0.15, 0.2) is 57.3 Å². The summed E-state index contributed by atoms with van der Waals surface area (Å²) in [4.78, 5) is 29.9. The molecule has 0 atom stereocenters. The Hall–Kier alpha value is -2.40. The van der Waals surface area contributed by atoms with Crippen LogP contribution in [0, 0.1) is 5.92 Å². The molecule has 0 aliphatic heterocycles. The van der Waals surface area contributed by atoms with Crippen LogP contribution in [0.1, 0.15) is 13.8 Å². The maximum atomic E-state index is 13.0. The van der Waals surface area contributed by atoms with E-state index in [4.69, 9.17) is 16.7 Å². The first-order valence-corrected chi connectivity index (χ1v) is 12.2. The number of primary sulfonamides is 1. The lowest BCUT2D eigenvalue weighted by molar-refractivity contribution is -0.113. The number of rotatable bonds is 7. The van der Waals surface area contributed by atoms with E-state index in [-0.39, 0.29) is 28.0 Å². The highest BCUT2D eigenvalue weighted by Gasteiger charge is 2.15. The Morgan fingerprint density at radius 2 is 1.90 bits per heavy atom. The quantitative estimate of drug-likeness (QED) is 0.395. The summed E-state index contributed by atoms with van der Waals surface area (Å²) >= 11 is 7.18. The number of hydrogen-bond acceptors (Lipinski definition) is 6. The second-order valence-corrected chi connectivity index (χ2v) is 10.2. The van der Waals surface area contributed by atoms with Crippen molar-refractivity contribution in [3.8, 4) is 0 Å². The van der Waals surface area contributed by atoms with E-state index in [0.29, 0.717) is 33.3 Å². The fourth-order valence-corrected chi connectivity index (χ4v) is 4.36. The van der Waals surface area contributed by atoms with Crippen LogP contribution in [0.5, 0.6) is 0 Å². The van der Waals surface area contributed by atoms with Crippen LogP contribution in [0.4, 0.5) is 5.69 Å². The summed E-state index contributed by atoms with van der Waals surface area (Å²) in [6.07, 6.45) is 0. The Kier molecular flexibility index (Phi) is 7.05. The van der Waals surface area contributed by atoms with Gasteiger partial charge in [0, 0.05) is 17.3 Å². The van der Waals surface area contributed by atoms with Crippen molar-refractivity contribution in [1.82, 2.24) is 9.55 Å². The van der Waals surface area contributed by atoms with Gasteiger partial charge in [-0.3, -0.25) is 14.2 Å². The van der Waals surface area contributed by atoms with Gasteiger partial charge in [-0.2, -0.15) is 0 Å². The van der Waals surface area contributed by atoms with Crippen molar-refractivity contribution in [2.24, 2.45) is 11.1 Å². The normalized spacial score (nSPS) is 11.8. The van der Waals surface area contributed by atoms with Crippen LogP contribution in [-0.2, 0) is 21.4 Å². The number of carbonyl (C=O) groups is 1. The number of sulfonamides is 1. The van der Waals surface area contributed by atoms with Crippen LogP contribution < -0.4 is 16.0 Å². The minimum Gasteiger partial charge on any atom is -0.325 e. The number of benzene rings is 2. The minimum atomic E-state index is -3.80. The molecule has 3 rings (SSSR count). The first kappa shape index (κ1) is 23.3. The Morgan fingerprint density at radius 3 is 2.52 bits per heavy atom. The zero-order chi connectivity index (χ0) is 22.8. The number of fused-ring (bicyclic) bond motifs is 1. The maximum absolute atomic E-state index is 13.0. The van der Waals surface area contributed by atoms with Gasteiger partial charge < -0.3 is 5.32 Å². The number of halogens is 1. The number of aromatic nitrogens is 2. The number of carbonyl (C=O) groups excluding carboxylic acids is 1. The molecule has 0 aliphatic rings. The van der Waals surface area contributed by atoms with Gasteiger partial charge in [-0.25, -0.2) is 18.5 Å². The van der Waals surface area contributed by atoms with E-state index >= 15 is 0 Å². The van der Waals surface area contributed by atoms with E-state index in [1.165, 1.54) is 24.3 Å². The highest BCUT2D eigenvalue weighted by molar-refractivity contribution is 7.99. The topological polar surface area (TPSA) is 124 Å². The highest BCUT2D eigenvalue weighted by atomic mass is 35.5. The number of hydrogen-bond donors (Lipinski definition) is 2. The monoisotopic (exact) mass is 480 g/mol. The van der Waals surface area contributed by atoms with Crippen LogP contribution >= 0.6 is 23.4 Å². The number of thioether (sulfide) groups is 1. The molecular weight excluding hydrogens is 460 g/mol. The second kappa shape index (κ2) is 9.39. The Labute approximate surface area is 188 Å².